The van der Waals surface area contributed by atoms with Crippen molar-refractivity contribution in [3.05, 3.63) is 71.9 Å². The van der Waals surface area contributed by atoms with E-state index in [0.717, 1.165) is 16.5 Å². The molecule has 0 radical (unpaired) electrons. The highest BCUT2D eigenvalue weighted by molar-refractivity contribution is 7.98. The number of carbonyl (C=O) groups excluding carboxylic acids is 1. The summed E-state index contributed by atoms with van der Waals surface area (Å²) in [5.41, 5.74) is 2.49. The smallest absolute Gasteiger partial charge is 0.326 e. The van der Waals surface area contributed by atoms with Crippen molar-refractivity contribution in [2.45, 2.75) is 19.0 Å². The van der Waals surface area contributed by atoms with Crippen LogP contribution in [0.25, 0.3) is 10.9 Å². The van der Waals surface area contributed by atoms with Gasteiger partial charge in [0.15, 0.2) is 0 Å². The summed E-state index contributed by atoms with van der Waals surface area (Å²) in [5, 5.41) is 13.0. The summed E-state index contributed by atoms with van der Waals surface area (Å²) >= 11 is 1.56. The highest BCUT2D eigenvalue weighted by Crippen LogP contribution is 2.21. The van der Waals surface area contributed by atoms with Crippen LogP contribution in [0.2, 0.25) is 0 Å². The molecule has 6 heteroatoms. The molecule has 27 heavy (non-hydrogen) atoms. The molecule has 140 valence electrons. The molecule has 0 saturated heterocycles. The Kier molecular flexibility index (Phi) is 6.19. The molecule has 1 amide bonds. The number of carbonyl (C=O) groups is 2. The predicted octanol–water partition coefficient (Wildman–Crippen LogP) is 3.63. The molecule has 3 aromatic rings. The van der Waals surface area contributed by atoms with Crippen LogP contribution in [0.15, 0.2) is 60.7 Å². The number of thioether (sulfide) groups is 1. The van der Waals surface area contributed by atoms with Crippen molar-refractivity contribution in [3.63, 3.8) is 0 Å². The van der Waals surface area contributed by atoms with E-state index in [-0.39, 0.29) is 5.91 Å². The van der Waals surface area contributed by atoms with Gasteiger partial charge >= 0.3 is 5.97 Å². The normalized spacial score (nSPS) is 12.0. The summed E-state index contributed by atoms with van der Waals surface area (Å²) in [6, 6.07) is 18.6. The van der Waals surface area contributed by atoms with Crippen LogP contribution in [0, 0.1) is 0 Å². The van der Waals surface area contributed by atoms with E-state index < -0.39 is 12.0 Å². The SMILES string of the molecule is CSCC[C@H](NC(=O)c1cc2ccccc2n1Cc1ccccc1)C(=O)O. The average Bonchev–Trinajstić information content (AvgIpc) is 3.04. The molecule has 1 aromatic heterocycles. The first kappa shape index (κ1) is 19.0. The molecule has 1 atom stereocenters. The summed E-state index contributed by atoms with van der Waals surface area (Å²) in [4.78, 5) is 24.4. The summed E-state index contributed by atoms with van der Waals surface area (Å²) in [5.74, 6) is -0.705. The van der Waals surface area contributed by atoms with Crippen molar-refractivity contribution in [2.24, 2.45) is 0 Å². The van der Waals surface area contributed by atoms with E-state index in [1.54, 1.807) is 11.8 Å². The third-order valence-electron chi connectivity index (χ3n) is 4.44. The van der Waals surface area contributed by atoms with E-state index in [1.165, 1.54) is 0 Å². The van der Waals surface area contributed by atoms with Gasteiger partial charge in [0.05, 0.1) is 0 Å². The van der Waals surface area contributed by atoms with Gasteiger partial charge < -0.3 is 15.0 Å². The second-order valence-corrected chi connectivity index (χ2v) is 7.29. The fourth-order valence-corrected chi connectivity index (χ4v) is 3.53. The lowest BCUT2D eigenvalue weighted by Gasteiger charge is -2.16. The number of aromatic nitrogens is 1. The standard InChI is InChI=1S/C21H22N2O3S/c1-27-12-11-17(21(25)26)22-20(24)19-13-16-9-5-6-10-18(16)23(19)14-15-7-3-2-4-8-15/h2-10,13,17H,11-12,14H2,1H3,(H,22,24)(H,25,26)/t17-/m0/s1. The third kappa shape index (κ3) is 4.52. The number of carboxylic acid groups (broad SMARTS) is 1. The summed E-state index contributed by atoms with van der Waals surface area (Å²) in [7, 11) is 0. The highest BCUT2D eigenvalue weighted by Gasteiger charge is 2.23. The highest BCUT2D eigenvalue weighted by atomic mass is 32.2. The monoisotopic (exact) mass is 382 g/mol. The van der Waals surface area contributed by atoms with Crippen molar-refractivity contribution < 1.29 is 14.7 Å². The van der Waals surface area contributed by atoms with Crippen LogP contribution >= 0.6 is 11.8 Å². The molecule has 0 saturated carbocycles. The van der Waals surface area contributed by atoms with Gasteiger partial charge in [-0.25, -0.2) is 4.79 Å². The second-order valence-electron chi connectivity index (χ2n) is 6.31. The lowest BCUT2D eigenvalue weighted by molar-refractivity contribution is -0.139. The number of nitrogens with zero attached hydrogens (tertiary/aromatic N) is 1. The third-order valence-corrected chi connectivity index (χ3v) is 5.08. The molecule has 2 N–H and O–H groups in total. The van der Waals surface area contributed by atoms with Gasteiger partial charge in [-0.1, -0.05) is 48.5 Å². The van der Waals surface area contributed by atoms with Gasteiger partial charge in [-0.05, 0) is 36.1 Å². The number of fused-ring (bicyclic) bond motifs is 1. The van der Waals surface area contributed by atoms with Gasteiger partial charge in [-0.2, -0.15) is 11.8 Å². The van der Waals surface area contributed by atoms with Crippen LogP contribution in [0.5, 0.6) is 0 Å². The van der Waals surface area contributed by atoms with E-state index in [1.807, 2.05) is 71.5 Å². The number of rotatable bonds is 8. The summed E-state index contributed by atoms with van der Waals surface area (Å²) < 4.78 is 1.94. The van der Waals surface area contributed by atoms with Crippen LogP contribution in [-0.2, 0) is 11.3 Å². The summed E-state index contributed by atoms with van der Waals surface area (Å²) in [6.45, 7) is 0.541. The lowest BCUT2D eigenvalue weighted by atomic mass is 10.2. The predicted molar refractivity (Wildman–Crippen MR) is 109 cm³/mol. The number of hydrogen-bond acceptors (Lipinski definition) is 3. The molecule has 2 aromatic carbocycles. The molecular weight excluding hydrogens is 360 g/mol. The fraction of sp³-hybridized carbons (Fsp3) is 0.238. The minimum atomic E-state index is -1.01. The minimum absolute atomic E-state index is 0.365. The van der Waals surface area contributed by atoms with Gasteiger partial charge in [0.25, 0.3) is 5.91 Å². The zero-order chi connectivity index (χ0) is 19.2. The van der Waals surface area contributed by atoms with Gasteiger partial charge in [-0.3, -0.25) is 4.79 Å². The number of amides is 1. The Labute approximate surface area is 162 Å². The maximum Gasteiger partial charge on any atom is 0.326 e. The van der Waals surface area contributed by atoms with Gasteiger partial charge in [-0.15, -0.1) is 0 Å². The fourth-order valence-electron chi connectivity index (χ4n) is 3.06. The van der Waals surface area contributed by atoms with Crippen molar-refractivity contribution in [1.29, 1.82) is 0 Å². The summed E-state index contributed by atoms with van der Waals surface area (Å²) in [6.07, 6.45) is 2.31. The average molecular weight is 382 g/mol. The van der Waals surface area contributed by atoms with Crippen molar-refractivity contribution >= 4 is 34.5 Å². The molecule has 3 rings (SSSR count). The van der Waals surface area contributed by atoms with Gasteiger partial charge in [0.2, 0.25) is 0 Å². The van der Waals surface area contributed by atoms with E-state index in [4.69, 9.17) is 0 Å². The van der Waals surface area contributed by atoms with E-state index in [0.29, 0.717) is 24.4 Å². The van der Waals surface area contributed by atoms with Gasteiger partial charge in [0.1, 0.15) is 11.7 Å². The Bertz CT molecular complexity index is 937. The molecule has 0 aliphatic carbocycles. The van der Waals surface area contributed by atoms with Crippen molar-refractivity contribution in [1.82, 2.24) is 9.88 Å². The van der Waals surface area contributed by atoms with Crippen molar-refractivity contribution in [2.75, 3.05) is 12.0 Å². The Hall–Kier alpha value is -2.73. The number of benzene rings is 2. The topological polar surface area (TPSA) is 71.3 Å². The maximum absolute atomic E-state index is 12.9. The molecule has 0 spiro atoms. The molecule has 0 aliphatic rings. The van der Waals surface area contributed by atoms with Crippen LogP contribution in [-0.4, -0.2) is 39.6 Å². The Balaban J connectivity index is 1.94. The number of nitrogens with one attached hydrogen (secondary N) is 1. The zero-order valence-electron chi connectivity index (χ0n) is 15.1. The van der Waals surface area contributed by atoms with E-state index in [2.05, 4.69) is 5.32 Å². The Morgan fingerprint density at radius 3 is 2.52 bits per heavy atom. The molecule has 0 unspecified atom stereocenters. The molecule has 0 fully saturated rings. The first-order chi connectivity index (χ1) is 13.1. The quantitative estimate of drug-likeness (QED) is 0.624. The Morgan fingerprint density at radius 1 is 1.11 bits per heavy atom. The first-order valence-corrected chi connectivity index (χ1v) is 10.1. The number of aliphatic carboxylic acids is 1. The van der Waals surface area contributed by atoms with Crippen LogP contribution in [0.3, 0.4) is 0 Å². The van der Waals surface area contributed by atoms with Crippen LogP contribution in [0.1, 0.15) is 22.5 Å². The molecule has 0 aliphatic heterocycles. The molecule has 5 nitrogen and oxygen atoms in total. The van der Waals surface area contributed by atoms with Crippen LogP contribution < -0.4 is 5.32 Å². The zero-order valence-corrected chi connectivity index (χ0v) is 15.9. The van der Waals surface area contributed by atoms with E-state index in [9.17, 15) is 14.7 Å². The molecule has 1 heterocycles. The Morgan fingerprint density at radius 2 is 1.81 bits per heavy atom. The van der Waals surface area contributed by atoms with Crippen LogP contribution in [0.4, 0.5) is 0 Å². The van der Waals surface area contributed by atoms with Gasteiger partial charge in [0, 0.05) is 17.4 Å². The number of hydrogen-bond donors (Lipinski definition) is 2. The largest absolute Gasteiger partial charge is 0.480 e. The van der Waals surface area contributed by atoms with Crippen molar-refractivity contribution in [3.8, 4) is 0 Å². The minimum Gasteiger partial charge on any atom is -0.480 e. The molecular formula is C21H22N2O3S. The molecule has 0 bridgehead atoms. The number of carboxylic acids is 1. The van der Waals surface area contributed by atoms with E-state index >= 15 is 0 Å². The first-order valence-electron chi connectivity index (χ1n) is 8.75. The maximum atomic E-state index is 12.9. The second kappa shape index (κ2) is 8.77. The number of para-hydroxylation sites is 1. The lowest BCUT2D eigenvalue weighted by Crippen LogP contribution is -2.41.